The normalized spacial score (nSPS) is 9.86. The van der Waals surface area contributed by atoms with E-state index in [1.165, 1.54) is 13.0 Å². The van der Waals surface area contributed by atoms with Crippen molar-refractivity contribution >= 4 is 34.1 Å². The number of nitro benzene ring substituents is 1. The number of phenols is 1. The molecule has 74 valence electrons. The summed E-state index contributed by atoms with van der Waals surface area (Å²) in [5.74, 6) is -0.630. The maximum atomic E-state index is 11.0. The molecule has 1 aromatic rings. The first-order valence-electron chi connectivity index (χ1n) is 3.61. The first kappa shape index (κ1) is 10.9. The minimum Gasteiger partial charge on any atom is -0.507 e. The molecule has 0 amide bonds. The highest BCUT2D eigenvalue weighted by Gasteiger charge is 2.17. The van der Waals surface area contributed by atoms with Crippen molar-refractivity contribution in [1.82, 2.24) is 0 Å². The summed E-state index contributed by atoms with van der Waals surface area (Å²) in [6.07, 6.45) is 0. The Hall–Kier alpha value is -1.18. The minimum absolute atomic E-state index is 0.0304. The number of Topliss-reactive ketones (excluding diaryl/α,β-unsaturated/α-hetero) is 1. The quantitative estimate of drug-likeness (QED) is 0.393. The van der Waals surface area contributed by atoms with Crippen LogP contribution in [0.2, 0.25) is 0 Å². The Morgan fingerprint density at radius 1 is 1.57 bits per heavy atom. The van der Waals surface area contributed by atoms with Crippen LogP contribution in [0.25, 0.3) is 0 Å². The second-order valence-corrected chi connectivity index (χ2v) is 3.80. The number of benzene rings is 1. The van der Waals surface area contributed by atoms with Crippen LogP contribution >= 0.6 is 22.6 Å². The van der Waals surface area contributed by atoms with E-state index in [4.69, 9.17) is 0 Å². The summed E-state index contributed by atoms with van der Waals surface area (Å²) in [7, 11) is 0. The molecule has 0 fully saturated rings. The highest BCUT2D eigenvalue weighted by atomic mass is 127. The van der Waals surface area contributed by atoms with Gasteiger partial charge in [0.15, 0.2) is 5.78 Å². The molecule has 0 aromatic heterocycles. The van der Waals surface area contributed by atoms with Gasteiger partial charge in [0.25, 0.3) is 5.69 Å². The van der Waals surface area contributed by atoms with E-state index in [2.05, 4.69) is 0 Å². The van der Waals surface area contributed by atoms with Crippen LogP contribution in [-0.4, -0.2) is 15.8 Å². The van der Waals surface area contributed by atoms with Crippen LogP contribution < -0.4 is 0 Å². The summed E-state index contributed by atoms with van der Waals surface area (Å²) in [6.45, 7) is 1.24. The molecule has 0 spiro atoms. The zero-order valence-corrected chi connectivity index (χ0v) is 9.31. The van der Waals surface area contributed by atoms with Gasteiger partial charge >= 0.3 is 0 Å². The maximum Gasteiger partial charge on any atom is 0.283 e. The summed E-state index contributed by atoms with van der Waals surface area (Å²) in [6, 6.07) is 2.29. The van der Waals surface area contributed by atoms with Gasteiger partial charge in [0.05, 0.1) is 14.1 Å². The van der Waals surface area contributed by atoms with Crippen molar-refractivity contribution in [2.24, 2.45) is 0 Å². The van der Waals surface area contributed by atoms with Gasteiger partial charge in [-0.15, -0.1) is 0 Å². The number of phenolic OH excluding ortho intramolecular Hbond substituents is 1. The topological polar surface area (TPSA) is 80.4 Å². The molecule has 1 aromatic carbocycles. The van der Waals surface area contributed by atoms with Crippen LogP contribution in [0.15, 0.2) is 12.1 Å². The molecule has 0 bridgehead atoms. The van der Waals surface area contributed by atoms with E-state index in [1.54, 1.807) is 22.6 Å². The number of carbonyl (C=O) groups is 1. The van der Waals surface area contributed by atoms with E-state index < -0.39 is 10.7 Å². The Bertz CT molecular complexity index is 381. The van der Waals surface area contributed by atoms with Gasteiger partial charge in [-0.05, 0) is 29.5 Å². The molecule has 0 heterocycles. The largest absolute Gasteiger partial charge is 0.507 e. The van der Waals surface area contributed by atoms with Gasteiger partial charge in [-0.25, -0.2) is 0 Å². The third-order valence-electron chi connectivity index (χ3n) is 1.64. The highest BCUT2D eigenvalue weighted by Crippen LogP contribution is 2.29. The Morgan fingerprint density at radius 2 is 2.14 bits per heavy atom. The molecule has 0 atom stereocenters. The first-order chi connectivity index (χ1) is 6.43. The van der Waals surface area contributed by atoms with E-state index in [1.807, 2.05) is 0 Å². The standard InChI is InChI=1S/C8H6INO4/c1-4(11)5-2-7(10(13)14)6(9)3-8(5)12/h2-3,12H,1H3. The molecule has 0 saturated heterocycles. The zero-order valence-electron chi connectivity index (χ0n) is 7.15. The Labute approximate surface area is 93.0 Å². The fourth-order valence-corrected chi connectivity index (χ4v) is 1.62. The van der Waals surface area contributed by atoms with Crippen LogP contribution in [0.3, 0.4) is 0 Å². The second kappa shape index (κ2) is 3.91. The molecule has 1 N–H and O–H groups in total. The second-order valence-electron chi connectivity index (χ2n) is 2.63. The summed E-state index contributed by atoms with van der Waals surface area (Å²) >= 11 is 1.73. The maximum absolute atomic E-state index is 11.0. The van der Waals surface area contributed by atoms with Crippen molar-refractivity contribution in [3.05, 3.63) is 31.4 Å². The molecule has 6 heteroatoms. The summed E-state index contributed by atoms with van der Waals surface area (Å²) < 4.78 is 0.301. The van der Waals surface area contributed by atoms with Gasteiger partial charge in [0.2, 0.25) is 0 Å². The SMILES string of the molecule is CC(=O)c1cc([N+](=O)[O-])c(I)cc1O. The van der Waals surface area contributed by atoms with E-state index in [-0.39, 0.29) is 17.0 Å². The average Bonchev–Trinajstić information content (AvgIpc) is 2.02. The van der Waals surface area contributed by atoms with Crippen molar-refractivity contribution in [3.8, 4) is 5.75 Å². The number of hydrogen-bond acceptors (Lipinski definition) is 4. The number of hydrogen-bond donors (Lipinski definition) is 1. The van der Waals surface area contributed by atoms with Crippen molar-refractivity contribution in [1.29, 1.82) is 0 Å². The molecule has 0 radical (unpaired) electrons. The van der Waals surface area contributed by atoms with Gasteiger partial charge in [-0.1, -0.05) is 0 Å². The molecule has 0 unspecified atom stereocenters. The lowest BCUT2D eigenvalue weighted by molar-refractivity contribution is -0.385. The Balaban J connectivity index is 3.42. The Kier molecular flexibility index (Phi) is 3.04. The number of ketones is 1. The smallest absolute Gasteiger partial charge is 0.283 e. The van der Waals surface area contributed by atoms with Crippen molar-refractivity contribution in [3.63, 3.8) is 0 Å². The number of halogens is 1. The third kappa shape index (κ3) is 2.00. The number of nitro groups is 1. The highest BCUT2D eigenvalue weighted by molar-refractivity contribution is 14.1. The summed E-state index contributed by atoms with van der Waals surface area (Å²) in [5, 5.41) is 19.8. The molecule has 14 heavy (non-hydrogen) atoms. The molecule has 0 aliphatic carbocycles. The van der Waals surface area contributed by atoms with E-state index >= 15 is 0 Å². The van der Waals surface area contributed by atoms with Crippen LogP contribution in [0.1, 0.15) is 17.3 Å². The number of carbonyl (C=O) groups excluding carboxylic acids is 1. The molecule has 0 aliphatic rings. The fourth-order valence-electron chi connectivity index (χ4n) is 0.973. The zero-order chi connectivity index (χ0) is 10.9. The van der Waals surface area contributed by atoms with Crippen molar-refractivity contribution in [2.45, 2.75) is 6.92 Å². The van der Waals surface area contributed by atoms with E-state index in [9.17, 15) is 20.0 Å². The summed E-state index contributed by atoms with van der Waals surface area (Å²) in [5.41, 5.74) is -0.203. The van der Waals surface area contributed by atoms with E-state index in [0.717, 1.165) is 6.07 Å². The van der Waals surface area contributed by atoms with Crippen LogP contribution in [0.5, 0.6) is 5.75 Å². The molecule has 1 rings (SSSR count). The lowest BCUT2D eigenvalue weighted by atomic mass is 10.1. The number of nitrogens with zero attached hydrogens (tertiary/aromatic N) is 1. The van der Waals surface area contributed by atoms with Gasteiger partial charge in [0.1, 0.15) is 5.75 Å². The van der Waals surface area contributed by atoms with Gasteiger partial charge in [-0.3, -0.25) is 14.9 Å². The van der Waals surface area contributed by atoms with Crippen molar-refractivity contribution < 1.29 is 14.8 Å². The predicted octanol–water partition coefficient (Wildman–Crippen LogP) is 2.11. The average molecular weight is 307 g/mol. The number of aromatic hydroxyl groups is 1. The molecule has 0 aliphatic heterocycles. The molecule has 0 saturated carbocycles. The van der Waals surface area contributed by atoms with Gasteiger partial charge in [-0.2, -0.15) is 0 Å². The fraction of sp³-hybridized carbons (Fsp3) is 0.125. The van der Waals surface area contributed by atoms with E-state index in [0.29, 0.717) is 3.57 Å². The van der Waals surface area contributed by atoms with Gasteiger partial charge in [0, 0.05) is 12.1 Å². The lowest BCUT2D eigenvalue weighted by Gasteiger charge is -2.01. The molecular formula is C8H6INO4. The predicted molar refractivity (Wildman–Crippen MR) is 57.5 cm³/mol. The van der Waals surface area contributed by atoms with Crippen LogP contribution in [0.4, 0.5) is 5.69 Å². The van der Waals surface area contributed by atoms with Crippen molar-refractivity contribution in [2.75, 3.05) is 0 Å². The van der Waals surface area contributed by atoms with Gasteiger partial charge < -0.3 is 5.11 Å². The Morgan fingerprint density at radius 3 is 2.57 bits per heavy atom. The lowest BCUT2D eigenvalue weighted by Crippen LogP contribution is -1.98. The molecular weight excluding hydrogens is 301 g/mol. The first-order valence-corrected chi connectivity index (χ1v) is 4.69. The van der Waals surface area contributed by atoms with Crippen LogP contribution in [0, 0.1) is 13.7 Å². The summed E-state index contributed by atoms with van der Waals surface area (Å²) in [4.78, 5) is 20.9. The van der Waals surface area contributed by atoms with Crippen LogP contribution in [-0.2, 0) is 0 Å². The monoisotopic (exact) mass is 307 g/mol. The third-order valence-corrected chi connectivity index (χ3v) is 2.51. The molecule has 5 nitrogen and oxygen atoms in total. The minimum atomic E-state index is -0.590. The number of rotatable bonds is 2.